The quantitative estimate of drug-likeness (QED) is 0.894. The lowest BCUT2D eigenvalue weighted by Crippen LogP contribution is -2.45. The summed E-state index contributed by atoms with van der Waals surface area (Å²) in [6.45, 7) is 8.07. The Balaban J connectivity index is 2.09. The van der Waals surface area contributed by atoms with Crippen LogP contribution in [0.1, 0.15) is 38.9 Å². The zero-order valence-corrected chi connectivity index (χ0v) is 11.5. The lowest BCUT2D eigenvalue weighted by atomic mass is 10.1. The summed E-state index contributed by atoms with van der Waals surface area (Å²) < 4.78 is 5.74. The number of benzene rings is 1. The lowest BCUT2D eigenvalue weighted by Gasteiger charge is -2.37. The van der Waals surface area contributed by atoms with Gasteiger partial charge in [0.15, 0.2) is 0 Å². The van der Waals surface area contributed by atoms with E-state index in [-0.39, 0.29) is 18.3 Å². The zero-order valence-electron chi connectivity index (χ0n) is 11.5. The third-order valence-electron chi connectivity index (χ3n) is 3.45. The maximum absolute atomic E-state index is 9.78. The first-order valence-corrected chi connectivity index (χ1v) is 6.78. The number of hydrogen-bond acceptors (Lipinski definition) is 3. The van der Waals surface area contributed by atoms with E-state index in [9.17, 15) is 5.11 Å². The second-order valence-electron chi connectivity index (χ2n) is 5.18. The molecule has 0 bridgehead atoms. The summed E-state index contributed by atoms with van der Waals surface area (Å²) in [6, 6.07) is 8.24. The molecule has 18 heavy (non-hydrogen) atoms. The van der Waals surface area contributed by atoms with Gasteiger partial charge in [0.25, 0.3) is 0 Å². The molecule has 0 spiro atoms. The van der Waals surface area contributed by atoms with Gasteiger partial charge < -0.3 is 14.7 Å². The summed E-state index contributed by atoms with van der Waals surface area (Å²) in [7, 11) is 0. The number of aliphatic hydroxyl groups excluding tert-OH is 1. The van der Waals surface area contributed by atoms with Crippen molar-refractivity contribution in [3.05, 3.63) is 29.8 Å². The van der Waals surface area contributed by atoms with Crippen molar-refractivity contribution in [3.8, 4) is 0 Å². The molecule has 2 unspecified atom stereocenters. The molecule has 0 saturated carbocycles. The van der Waals surface area contributed by atoms with Crippen LogP contribution in [-0.2, 0) is 4.74 Å². The standard InChI is InChI=1S/C15H23NO2/c1-4-15(17)13-5-7-14(8-6-13)16-9-11(2)18-12(3)10-16/h5-8,11-12,15,17H,4,9-10H2,1-3H3/t11?,12?,15-/m0/s1. The molecule has 1 N–H and O–H groups in total. The number of anilines is 1. The molecule has 0 aliphatic carbocycles. The summed E-state index contributed by atoms with van der Waals surface area (Å²) in [5, 5.41) is 9.78. The van der Waals surface area contributed by atoms with Crippen LogP contribution in [0.5, 0.6) is 0 Å². The van der Waals surface area contributed by atoms with E-state index >= 15 is 0 Å². The maximum atomic E-state index is 9.78. The van der Waals surface area contributed by atoms with Crippen LogP contribution >= 0.6 is 0 Å². The summed E-state index contributed by atoms with van der Waals surface area (Å²) in [5.74, 6) is 0. The molecule has 1 aliphatic rings. The van der Waals surface area contributed by atoms with Crippen molar-refractivity contribution in [2.45, 2.75) is 45.5 Å². The Labute approximate surface area is 109 Å². The van der Waals surface area contributed by atoms with E-state index in [2.05, 4.69) is 30.9 Å². The van der Waals surface area contributed by atoms with Gasteiger partial charge in [0.1, 0.15) is 0 Å². The molecule has 1 heterocycles. The van der Waals surface area contributed by atoms with Gasteiger partial charge >= 0.3 is 0 Å². The van der Waals surface area contributed by atoms with Crippen molar-refractivity contribution in [2.24, 2.45) is 0 Å². The third kappa shape index (κ3) is 3.03. The first-order chi connectivity index (χ1) is 8.60. The third-order valence-corrected chi connectivity index (χ3v) is 3.45. The highest BCUT2D eigenvalue weighted by atomic mass is 16.5. The van der Waals surface area contributed by atoms with Crippen molar-refractivity contribution in [1.29, 1.82) is 0 Å². The minimum absolute atomic E-state index is 0.273. The van der Waals surface area contributed by atoms with Crippen molar-refractivity contribution in [2.75, 3.05) is 18.0 Å². The Bertz CT molecular complexity index is 367. The van der Waals surface area contributed by atoms with Crippen LogP contribution in [0.3, 0.4) is 0 Å². The van der Waals surface area contributed by atoms with Crippen LogP contribution in [0.15, 0.2) is 24.3 Å². The van der Waals surface area contributed by atoms with E-state index in [0.717, 1.165) is 25.1 Å². The molecule has 1 aromatic carbocycles. The Morgan fingerprint density at radius 3 is 2.28 bits per heavy atom. The summed E-state index contributed by atoms with van der Waals surface area (Å²) in [4.78, 5) is 2.35. The highest BCUT2D eigenvalue weighted by molar-refractivity contribution is 5.48. The average Bonchev–Trinajstić information content (AvgIpc) is 2.37. The molecule has 1 fully saturated rings. The second kappa shape index (κ2) is 5.72. The molecule has 1 aromatic rings. The van der Waals surface area contributed by atoms with Crippen LogP contribution in [0.4, 0.5) is 5.69 Å². The van der Waals surface area contributed by atoms with Crippen molar-refractivity contribution >= 4 is 5.69 Å². The highest BCUT2D eigenvalue weighted by Gasteiger charge is 2.22. The van der Waals surface area contributed by atoms with E-state index in [1.807, 2.05) is 19.1 Å². The molecular weight excluding hydrogens is 226 g/mol. The number of aliphatic hydroxyl groups is 1. The number of nitrogens with zero attached hydrogens (tertiary/aromatic N) is 1. The van der Waals surface area contributed by atoms with Crippen LogP contribution in [0.2, 0.25) is 0 Å². The summed E-state index contributed by atoms with van der Waals surface area (Å²) in [6.07, 6.45) is 0.955. The molecule has 0 radical (unpaired) electrons. The number of ether oxygens (including phenoxy) is 1. The molecule has 0 amide bonds. The van der Waals surface area contributed by atoms with E-state index in [0.29, 0.717) is 0 Å². The smallest absolute Gasteiger partial charge is 0.0787 e. The van der Waals surface area contributed by atoms with E-state index in [4.69, 9.17) is 4.74 Å². The van der Waals surface area contributed by atoms with Crippen LogP contribution in [0, 0.1) is 0 Å². The van der Waals surface area contributed by atoms with Gasteiger partial charge in [0.05, 0.1) is 18.3 Å². The van der Waals surface area contributed by atoms with Crippen LogP contribution in [-0.4, -0.2) is 30.4 Å². The molecule has 100 valence electrons. The van der Waals surface area contributed by atoms with Crippen molar-refractivity contribution in [3.63, 3.8) is 0 Å². The average molecular weight is 249 g/mol. The van der Waals surface area contributed by atoms with Gasteiger partial charge in [-0.15, -0.1) is 0 Å². The monoisotopic (exact) mass is 249 g/mol. The van der Waals surface area contributed by atoms with Gasteiger partial charge in [-0.1, -0.05) is 19.1 Å². The summed E-state index contributed by atoms with van der Waals surface area (Å²) in [5.41, 5.74) is 2.21. The molecule has 0 aromatic heterocycles. The van der Waals surface area contributed by atoms with Crippen molar-refractivity contribution < 1.29 is 9.84 Å². The molecule has 3 nitrogen and oxygen atoms in total. The molecule has 3 atom stereocenters. The zero-order chi connectivity index (χ0) is 13.1. The maximum Gasteiger partial charge on any atom is 0.0787 e. The van der Waals surface area contributed by atoms with Gasteiger partial charge in [-0.3, -0.25) is 0 Å². The second-order valence-corrected chi connectivity index (χ2v) is 5.18. The van der Waals surface area contributed by atoms with Gasteiger partial charge in [0.2, 0.25) is 0 Å². The first kappa shape index (κ1) is 13.4. The van der Waals surface area contributed by atoms with Gasteiger partial charge in [-0.2, -0.15) is 0 Å². The number of rotatable bonds is 3. The van der Waals surface area contributed by atoms with Gasteiger partial charge in [0, 0.05) is 18.8 Å². The van der Waals surface area contributed by atoms with E-state index in [1.54, 1.807) is 0 Å². The fourth-order valence-corrected chi connectivity index (χ4v) is 2.53. The molecule has 1 aliphatic heterocycles. The first-order valence-electron chi connectivity index (χ1n) is 6.78. The number of morpholine rings is 1. The largest absolute Gasteiger partial charge is 0.388 e. The predicted molar refractivity (Wildman–Crippen MR) is 73.9 cm³/mol. The summed E-state index contributed by atoms with van der Waals surface area (Å²) >= 11 is 0. The van der Waals surface area contributed by atoms with E-state index < -0.39 is 0 Å². The Morgan fingerprint density at radius 2 is 1.78 bits per heavy atom. The molecule has 1 saturated heterocycles. The normalized spacial score (nSPS) is 26.1. The Hall–Kier alpha value is -1.06. The Morgan fingerprint density at radius 1 is 1.22 bits per heavy atom. The fourth-order valence-electron chi connectivity index (χ4n) is 2.53. The molecule has 3 heteroatoms. The lowest BCUT2D eigenvalue weighted by molar-refractivity contribution is -0.00522. The van der Waals surface area contributed by atoms with Gasteiger partial charge in [-0.05, 0) is 38.0 Å². The van der Waals surface area contributed by atoms with Crippen LogP contribution in [0.25, 0.3) is 0 Å². The van der Waals surface area contributed by atoms with E-state index in [1.165, 1.54) is 5.69 Å². The van der Waals surface area contributed by atoms with Crippen molar-refractivity contribution in [1.82, 2.24) is 0 Å². The van der Waals surface area contributed by atoms with Gasteiger partial charge in [-0.25, -0.2) is 0 Å². The number of hydrogen-bond donors (Lipinski definition) is 1. The molecular formula is C15H23NO2. The predicted octanol–water partition coefficient (Wildman–Crippen LogP) is 2.74. The molecule has 2 rings (SSSR count). The van der Waals surface area contributed by atoms with Crippen LogP contribution < -0.4 is 4.90 Å². The Kier molecular flexibility index (Phi) is 4.25. The minimum Gasteiger partial charge on any atom is -0.388 e. The SMILES string of the molecule is CC[C@H](O)c1ccc(N2CC(C)OC(C)C2)cc1. The highest BCUT2D eigenvalue weighted by Crippen LogP contribution is 2.23. The fraction of sp³-hybridized carbons (Fsp3) is 0.600. The minimum atomic E-state index is -0.346. The topological polar surface area (TPSA) is 32.7 Å².